The largest absolute Gasteiger partial charge is 0.278 e. The zero-order valence-electron chi connectivity index (χ0n) is 45.3. The van der Waals surface area contributed by atoms with Crippen LogP contribution in [0.25, 0.3) is 22.3 Å². The summed E-state index contributed by atoms with van der Waals surface area (Å²) < 4.78 is 76.7. The van der Waals surface area contributed by atoms with E-state index < -0.39 is 47.9 Å². The maximum absolute atomic E-state index is 13.4. The van der Waals surface area contributed by atoms with Crippen molar-refractivity contribution >= 4 is 42.0 Å². The third-order valence-corrected chi connectivity index (χ3v) is 20.5. The van der Waals surface area contributed by atoms with Crippen molar-refractivity contribution < 1.29 is 36.2 Å². The van der Waals surface area contributed by atoms with E-state index in [4.69, 9.17) is 0 Å². The Bertz CT molecular complexity index is 2980. The van der Waals surface area contributed by atoms with E-state index in [0.717, 1.165) is 60.2 Å². The number of rotatable bonds is 19. The minimum absolute atomic E-state index is 0. The van der Waals surface area contributed by atoms with Crippen molar-refractivity contribution in [2.75, 3.05) is 0 Å². The van der Waals surface area contributed by atoms with Gasteiger partial charge in [-0.2, -0.15) is 0 Å². The van der Waals surface area contributed by atoms with Crippen LogP contribution in [0.4, 0.5) is 37.7 Å². The third-order valence-electron chi connectivity index (χ3n) is 13.6. The first kappa shape index (κ1) is 68.9. The molecule has 0 spiro atoms. The molecule has 0 saturated heterocycles. The molecule has 0 radical (unpaired) electrons. The maximum atomic E-state index is 13.4. The van der Waals surface area contributed by atoms with Crippen LogP contribution in [-0.4, -0.2) is 17.9 Å². The molecule has 0 N–H and O–H groups in total. The summed E-state index contributed by atoms with van der Waals surface area (Å²) in [6, 6.07) is 29.4. The second-order valence-corrected chi connectivity index (χ2v) is 26.9. The van der Waals surface area contributed by atoms with Crippen LogP contribution in [0.2, 0.25) is 16.6 Å². The molecular formula is C65H77F6IN2O4Si. The number of nitrogens with zero attached hydrogens (tertiary/aromatic N) is 2. The summed E-state index contributed by atoms with van der Waals surface area (Å²) in [6.45, 7) is 18.1. The zero-order valence-corrected chi connectivity index (χ0v) is 48.4. The summed E-state index contributed by atoms with van der Waals surface area (Å²) in [5, 5.41) is 23.6. The maximum Gasteiger partial charge on any atom is 0.278 e. The average Bonchev–Trinajstić information content (AvgIpc) is 3.42. The Labute approximate surface area is 480 Å². The Hall–Kier alpha value is -6.23. The van der Waals surface area contributed by atoms with Crippen LogP contribution >= 0.6 is 22.6 Å². The number of unbranched alkanes of at least 4 members (excludes halogenated alkanes) is 8. The van der Waals surface area contributed by atoms with Crippen molar-refractivity contribution in [3.8, 4) is 45.6 Å². The Balaban J connectivity index is 0.000000449. The number of nitro groups is 2. The Kier molecular flexibility index (Phi) is 29.7. The highest BCUT2D eigenvalue weighted by Crippen LogP contribution is 2.41. The van der Waals surface area contributed by atoms with E-state index in [1.54, 1.807) is 40.8 Å². The fourth-order valence-electron chi connectivity index (χ4n) is 9.49. The highest BCUT2D eigenvalue weighted by molar-refractivity contribution is 14.1. The molecule has 6 aromatic rings. The molecule has 79 heavy (non-hydrogen) atoms. The van der Waals surface area contributed by atoms with Crippen molar-refractivity contribution in [2.45, 2.75) is 164 Å². The lowest BCUT2D eigenvalue weighted by Crippen LogP contribution is -2.43. The molecule has 0 atom stereocenters. The van der Waals surface area contributed by atoms with Gasteiger partial charge in [0.15, 0.2) is 34.9 Å². The number of benzene rings is 6. The number of hydrogen-bond donors (Lipinski definition) is 0. The zero-order chi connectivity index (χ0) is 56.8. The lowest BCUT2D eigenvalue weighted by atomic mass is 9.98. The van der Waals surface area contributed by atoms with Gasteiger partial charge in [0.05, 0.1) is 21.0 Å². The number of hydrogen-bond acceptors (Lipinski definition) is 4. The first-order valence-corrected chi connectivity index (χ1v) is 29.7. The monoisotopic (exact) mass is 1220 g/mol. The van der Waals surface area contributed by atoms with Crippen molar-refractivity contribution in [3.05, 3.63) is 196 Å². The number of halogens is 7. The van der Waals surface area contributed by atoms with Crippen LogP contribution in [0.1, 0.15) is 162 Å². The minimum Gasteiger partial charge on any atom is -0.258 e. The summed E-state index contributed by atoms with van der Waals surface area (Å²) in [5.74, 6) is 0.553. The van der Waals surface area contributed by atoms with Gasteiger partial charge in [-0.15, -0.1) is 5.54 Å². The summed E-state index contributed by atoms with van der Waals surface area (Å²) in [7, 11) is -1.89. The Morgan fingerprint density at radius 2 is 0.810 bits per heavy atom. The molecular weight excluding hydrogens is 1140 g/mol. The van der Waals surface area contributed by atoms with Crippen molar-refractivity contribution in [3.63, 3.8) is 0 Å². The Morgan fingerprint density at radius 1 is 0.468 bits per heavy atom. The lowest BCUT2D eigenvalue weighted by Gasteiger charge is -2.38. The van der Waals surface area contributed by atoms with Gasteiger partial charge in [-0.3, -0.25) is 20.2 Å². The highest BCUT2D eigenvalue weighted by Gasteiger charge is 2.41. The van der Waals surface area contributed by atoms with Crippen LogP contribution < -0.4 is 0 Å². The van der Waals surface area contributed by atoms with E-state index in [1.165, 1.54) is 75.0 Å². The van der Waals surface area contributed by atoms with E-state index in [0.29, 0.717) is 36.9 Å². The van der Waals surface area contributed by atoms with Crippen molar-refractivity contribution in [2.24, 2.45) is 0 Å². The van der Waals surface area contributed by atoms with E-state index in [2.05, 4.69) is 90.8 Å². The van der Waals surface area contributed by atoms with Gasteiger partial charge in [0, 0.05) is 32.4 Å². The van der Waals surface area contributed by atoms with Gasteiger partial charge in [0.1, 0.15) is 8.07 Å². The van der Waals surface area contributed by atoms with Gasteiger partial charge >= 0.3 is 0 Å². The Morgan fingerprint density at radius 3 is 1.16 bits per heavy atom. The van der Waals surface area contributed by atoms with Gasteiger partial charge in [-0.05, 0) is 136 Å². The van der Waals surface area contributed by atoms with E-state index in [9.17, 15) is 46.6 Å². The number of aryl methyl sites for hydroxylation is 2. The molecule has 0 heterocycles. The van der Waals surface area contributed by atoms with Crippen LogP contribution in [0, 0.1) is 82.0 Å². The molecule has 6 nitrogen and oxygen atoms in total. The van der Waals surface area contributed by atoms with Gasteiger partial charge in [0.25, 0.3) is 11.4 Å². The molecule has 0 fully saturated rings. The lowest BCUT2D eigenvalue weighted by molar-refractivity contribution is -0.384. The first-order chi connectivity index (χ1) is 36.6. The SMILES string of the molecule is C.C.CCCCCCCc1ccc(-c2ccc(C#C[Si](C(C)C)(C(C)C)C(C)C)cc2[N+](=O)[O-])cc1.CCCCCCCc1ccc(-c2ccc(C#Cc3cc(F)c(F)c(F)c3)cc2[N+](=O)[O-])cc1.Fc1cc(I)cc(F)c1F. The van der Waals surface area contributed by atoms with E-state index in [1.807, 2.05) is 48.5 Å². The predicted octanol–water partition coefficient (Wildman–Crippen LogP) is 20.9. The molecule has 0 saturated carbocycles. The predicted molar refractivity (Wildman–Crippen MR) is 325 cm³/mol. The molecule has 0 amide bonds. The van der Waals surface area contributed by atoms with E-state index >= 15 is 0 Å². The van der Waals surface area contributed by atoms with Crippen LogP contribution in [0.3, 0.4) is 0 Å². The van der Waals surface area contributed by atoms with Gasteiger partial charge in [-0.1, -0.05) is 188 Å². The molecule has 0 bridgehead atoms. The van der Waals surface area contributed by atoms with E-state index in [-0.39, 0.29) is 36.7 Å². The summed E-state index contributed by atoms with van der Waals surface area (Å²) >= 11 is 1.70. The fourth-order valence-corrected chi connectivity index (χ4v) is 15.3. The minimum atomic E-state index is -1.89. The molecule has 0 aromatic heterocycles. The van der Waals surface area contributed by atoms with Crippen LogP contribution in [0.5, 0.6) is 0 Å². The normalized spacial score (nSPS) is 10.7. The van der Waals surface area contributed by atoms with Gasteiger partial charge in [0.2, 0.25) is 0 Å². The molecule has 0 aliphatic rings. The average molecular weight is 1220 g/mol. The van der Waals surface area contributed by atoms with Crippen molar-refractivity contribution in [1.82, 2.24) is 0 Å². The molecule has 0 aliphatic carbocycles. The number of nitro benzene ring substituents is 2. The fraction of sp³-hybridized carbons (Fsp3) is 0.385. The summed E-state index contributed by atoms with van der Waals surface area (Å²) in [6.07, 6.45) is 14.4. The van der Waals surface area contributed by atoms with Crippen LogP contribution in [0.15, 0.2) is 109 Å². The van der Waals surface area contributed by atoms with Crippen LogP contribution in [-0.2, 0) is 12.8 Å². The first-order valence-electron chi connectivity index (χ1n) is 26.4. The molecule has 14 heteroatoms. The topological polar surface area (TPSA) is 86.3 Å². The molecule has 6 rings (SSSR count). The smallest absolute Gasteiger partial charge is 0.258 e. The summed E-state index contributed by atoms with van der Waals surface area (Å²) in [4.78, 5) is 22.8. The van der Waals surface area contributed by atoms with Gasteiger partial charge in [-0.25, -0.2) is 26.3 Å². The molecule has 0 unspecified atom stereocenters. The molecule has 6 aromatic carbocycles. The highest BCUT2D eigenvalue weighted by atomic mass is 127. The standard InChI is InChI=1S/C30H43NO2Si.C27H24F3NO2.C6H2F3I.2CH4/c1-8-9-10-11-12-13-26-14-17-28(18-15-26)29-19-16-27(22-30(29)31(32)33)20-21-34(23(2)3,24(4)5)25(6)7;1-2-3-4-5-6-7-19-10-13-22(14-11-19)23-15-12-20(18-26(23)31(32)33)8-9-21-16-24(28)27(30)25(29)17-21;7-4-1-3(10)2-5(8)6(4)9;;/h14-19,22-25H,8-13H2,1-7H3;10-18H,2-7H2,1H3;1-2H;2*1H4. The quantitative estimate of drug-likeness (QED) is 0.00931. The molecule has 0 aliphatic heterocycles. The molecule has 424 valence electrons. The second-order valence-electron chi connectivity index (χ2n) is 20.0. The summed E-state index contributed by atoms with van der Waals surface area (Å²) in [5.41, 5.74) is 11.5. The second kappa shape index (κ2) is 34.0. The third kappa shape index (κ3) is 20.4. The van der Waals surface area contributed by atoms with Crippen molar-refractivity contribution in [1.29, 1.82) is 0 Å². The van der Waals surface area contributed by atoms with Gasteiger partial charge < -0.3 is 0 Å².